The molecule has 1 aromatic rings. The SMILES string of the molecule is CCN(Cc1ccccc1Cl)C(=O)C1(COC)CCNCC1.Cl. The van der Waals surface area contributed by atoms with E-state index in [2.05, 4.69) is 5.32 Å². The smallest absolute Gasteiger partial charge is 0.231 e. The maximum absolute atomic E-state index is 13.1. The van der Waals surface area contributed by atoms with Crippen LogP contribution in [0.5, 0.6) is 0 Å². The first kappa shape index (κ1) is 20.2. The molecule has 2 rings (SSSR count). The minimum absolute atomic E-state index is 0. The number of ether oxygens (including phenoxy) is 1. The maximum atomic E-state index is 13.1. The number of benzene rings is 1. The van der Waals surface area contributed by atoms with Crippen molar-refractivity contribution in [3.05, 3.63) is 34.9 Å². The molecule has 6 heteroatoms. The molecule has 1 heterocycles. The lowest BCUT2D eigenvalue weighted by atomic mass is 9.78. The second-order valence-electron chi connectivity index (χ2n) is 5.87. The predicted molar refractivity (Wildman–Crippen MR) is 96.2 cm³/mol. The van der Waals surface area contributed by atoms with E-state index in [0.717, 1.165) is 31.5 Å². The van der Waals surface area contributed by atoms with Crippen molar-refractivity contribution in [3.8, 4) is 0 Å². The van der Waals surface area contributed by atoms with Crippen molar-refractivity contribution >= 4 is 29.9 Å². The van der Waals surface area contributed by atoms with E-state index in [9.17, 15) is 4.79 Å². The van der Waals surface area contributed by atoms with Gasteiger partial charge in [-0.1, -0.05) is 29.8 Å². The average molecular weight is 361 g/mol. The minimum atomic E-state index is -0.405. The second kappa shape index (κ2) is 9.48. The number of amides is 1. The van der Waals surface area contributed by atoms with Gasteiger partial charge in [0.05, 0.1) is 12.0 Å². The monoisotopic (exact) mass is 360 g/mol. The molecule has 4 nitrogen and oxygen atoms in total. The molecule has 0 radical (unpaired) electrons. The highest BCUT2D eigenvalue weighted by Crippen LogP contribution is 2.32. The molecule has 130 valence electrons. The van der Waals surface area contributed by atoms with E-state index in [-0.39, 0.29) is 18.3 Å². The van der Waals surface area contributed by atoms with Crippen molar-refractivity contribution in [1.29, 1.82) is 0 Å². The number of piperidine rings is 1. The first-order chi connectivity index (χ1) is 10.6. The number of rotatable bonds is 6. The molecule has 1 amide bonds. The van der Waals surface area contributed by atoms with Crippen molar-refractivity contribution < 1.29 is 9.53 Å². The van der Waals surface area contributed by atoms with Crippen LogP contribution < -0.4 is 5.32 Å². The Labute approximate surface area is 149 Å². The van der Waals surface area contributed by atoms with Gasteiger partial charge in [-0.3, -0.25) is 4.79 Å². The summed E-state index contributed by atoms with van der Waals surface area (Å²) >= 11 is 6.24. The summed E-state index contributed by atoms with van der Waals surface area (Å²) in [6.45, 7) is 5.43. The maximum Gasteiger partial charge on any atom is 0.231 e. The van der Waals surface area contributed by atoms with E-state index in [4.69, 9.17) is 16.3 Å². The number of methoxy groups -OCH3 is 1. The largest absolute Gasteiger partial charge is 0.384 e. The molecule has 0 aromatic heterocycles. The zero-order valence-corrected chi connectivity index (χ0v) is 15.4. The fraction of sp³-hybridized carbons (Fsp3) is 0.588. The topological polar surface area (TPSA) is 41.6 Å². The second-order valence-corrected chi connectivity index (χ2v) is 6.28. The normalized spacial score (nSPS) is 16.5. The molecule has 0 saturated carbocycles. The third-order valence-corrected chi connectivity index (χ3v) is 4.79. The molecular weight excluding hydrogens is 335 g/mol. The van der Waals surface area contributed by atoms with E-state index >= 15 is 0 Å². The van der Waals surface area contributed by atoms with Crippen molar-refractivity contribution in [3.63, 3.8) is 0 Å². The standard InChI is InChI=1S/C17H25ClN2O2.ClH/c1-3-20(12-14-6-4-5-7-15(14)18)16(21)17(13-22-2)8-10-19-11-9-17;/h4-7,19H,3,8-13H2,1-2H3;1H. The lowest BCUT2D eigenvalue weighted by molar-refractivity contribution is -0.148. The van der Waals surface area contributed by atoms with Crippen molar-refractivity contribution in [2.24, 2.45) is 5.41 Å². The van der Waals surface area contributed by atoms with Crippen LogP contribution in [0.2, 0.25) is 5.02 Å². The highest BCUT2D eigenvalue weighted by molar-refractivity contribution is 6.31. The van der Waals surface area contributed by atoms with Gasteiger partial charge in [-0.15, -0.1) is 12.4 Å². The molecule has 1 aliphatic rings. The number of hydrogen-bond acceptors (Lipinski definition) is 3. The summed E-state index contributed by atoms with van der Waals surface area (Å²) < 4.78 is 5.37. The summed E-state index contributed by atoms with van der Waals surface area (Å²) in [5, 5.41) is 4.03. The van der Waals surface area contributed by atoms with Crippen molar-refractivity contribution in [2.75, 3.05) is 33.4 Å². The van der Waals surface area contributed by atoms with Gasteiger partial charge < -0.3 is 15.0 Å². The Balaban J connectivity index is 0.00000264. The van der Waals surface area contributed by atoms with Gasteiger partial charge >= 0.3 is 0 Å². The molecule has 1 N–H and O–H groups in total. The lowest BCUT2D eigenvalue weighted by Crippen LogP contribution is -2.51. The molecule has 1 aliphatic heterocycles. The number of nitrogens with zero attached hydrogens (tertiary/aromatic N) is 1. The fourth-order valence-corrected chi connectivity index (χ4v) is 3.29. The van der Waals surface area contributed by atoms with E-state index in [1.807, 2.05) is 36.1 Å². The molecule has 1 aromatic carbocycles. The van der Waals surface area contributed by atoms with E-state index in [1.165, 1.54) is 0 Å². The number of carbonyl (C=O) groups is 1. The fourth-order valence-electron chi connectivity index (χ4n) is 3.10. The van der Waals surface area contributed by atoms with Crippen molar-refractivity contribution in [2.45, 2.75) is 26.3 Å². The number of carbonyl (C=O) groups excluding carboxylic acids is 1. The summed E-state index contributed by atoms with van der Waals surface area (Å²) in [6.07, 6.45) is 1.64. The van der Waals surface area contributed by atoms with Gasteiger partial charge in [-0.2, -0.15) is 0 Å². The van der Waals surface area contributed by atoms with Crippen LogP contribution in [0.25, 0.3) is 0 Å². The van der Waals surface area contributed by atoms with Gasteiger partial charge in [0.2, 0.25) is 5.91 Å². The van der Waals surface area contributed by atoms with E-state index in [0.29, 0.717) is 24.7 Å². The Morgan fingerprint density at radius 2 is 2.00 bits per heavy atom. The molecule has 1 fully saturated rings. The van der Waals surface area contributed by atoms with Crippen LogP contribution in [0.1, 0.15) is 25.3 Å². The Morgan fingerprint density at radius 1 is 1.35 bits per heavy atom. The Kier molecular flexibility index (Phi) is 8.34. The molecule has 23 heavy (non-hydrogen) atoms. The molecule has 0 bridgehead atoms. The van der Waals surface area contributed by atoms with Crippen LogP contribution >= 0.6 is 24.0 Å². The van der Waals surface area contributed by atoms with Gasteiger partial charge in [0.15, 0.2) is 0 Å². The number of nitrogens with one attached hydrogen (secondary N) is 1. The average Bonchev–Trinajstić information content (AvgIpc) is 2.54. The van der Waals surface area contributed by atoms with Crippen LogP contribution in [0.4, 0.5) is 0 Å². The third kappa shape index (κ3) is 4.83. The quantitative estimate of drug-likeness (QED) is 0.847. The summed E-state index contributed by atoms with van der Waals surface area (Å²) in [5.74, 6) is 0.179. The number of hydrogen-bond donors (Lipinski definition) is 1. The molecule has 0 unspecified atom stereocenters. The Bertz CT molecular complexity index is 500. The van der Waals surface area contributed by atoms with Crippen LogP contribution in [-0.2, 0) is 16.1 Å². The zero-order valence-electron chi connectivity index (χ0n) is 13.8. The highest BCUT2D eigenvalue weighted by atomic mass is 35.5. The summed E-state index contributed by atoms with van der Waals surface area (Å²) in [5.41, 5.74) is 0.581. The first-order valence-corrected chi connectivity index (χ1v) is 8.23. The molecule has 0 spiro atoms. The lowest BCUT2D eigenvalue weighted by Gasteiger charge is -2.39. The predicted octanol–water partition coefficient (Wildman–Crippen LogP) is 3.13. The van der Waals surface area contributed by atoms with Crippen molar-refractivity contribution in [1.82, 2.24) is 10.2 Å². The molecule has 1 saturated heterocycles. The molecule has 0 atom stereocenters. The summed E-state index contributed by atoms with van der Waals surface area (Å²) in [7, 11) is 1.67. The van der Waals surface area contributed by atoms with Gasteiger partial charge in [0.1, 0.15) is 0 Å². The van der Waals surface area contributed by atoms with Crippen LogP contribution in [0, 0.1) is 5.41 Å². The zero-order chi connectivity index (χ0) is 16.0. The first-order valence-electron chi connectivity index (χ1n) is 7.85. The highest BCUT2D eigenvalue weighted by Gasteiger charge is 2.41. The van der Waals surface area contributed by atoms with Gasteiger partial charge in [-0.05, 0) is 44.5 Å². The number of halogens is 2. The third-order valence-electron chi connectivity index (χ3n) is 4.42. The van der Waals surface area contributed by atoms with Gasteiger partial charge in [-0.25, -0.2) is 0 Å². The van der Waals surface area contributed by atoms with E-state index < -0.39 is 5.41 Å². The summed E-state index contributed by atoms with van der Waals surface area (Å²) in [4.78, 5) is 15.0. The van der Waals surface area contributed by atoms with E-state index in [1.54, 1.807) is 7.11 Å². The summed E-state index contributed by atoms with van der Waals surface area (Å²) in [6, 6.07) is 7.70. The molecule has 0 aliphatic carbocycles. The Hall–Kier alpha value is -0.810. The Morgan fingerprint density at radius 3 is 2.57 bits per heavy atom. The van der Waals surface area contributed by atoms with Crippen LogP contribution in [-0.4, -0.2) is 44.2 Å². The van der Waals surface area contributed by atoms with Crippen LogP contribution in [0.3, 0.4) is 0 Å². The van der Waals surface area contributed by atoms with Crippen LogP contribution in [0.15, 0.2) is 24.3 Å². The van der Waals surface area contributed by atoms with Gasteiger partial charge in [0.25, 0.3) is 0 Å². The minimum Gasteiger partial charge on any atom is -0.384 e. The van der Waals surface area contributed by atoms with Gasteiger partial charge in [0, 0.05) is 25.2 Å². The molecular formula is C17H26Cl2N2O2.